The number of hydrogen-bond donors (Lipinski definition) is 2. The lowest BCUT2D eigenvalue weighted by atomic mass is 10.1. The summed E-state index contributed by atoms with van der Waals surface area (Å²) >= 11 is 0. The monoisotopic (exact) mass is 170 g/mol. The maximum atomic E-state index is 10.3. The molecule has 0 saturated carbocycles. The van der Waals surface area contributed by atoms with Crippen LogP contribution >= 0.6 is 0 Å². The van der Waals surface area contributed by atoms with Crippen LogP contribution in [0.5, 0.6) is 0 Å². The quantitative estimate of drug-likeness (QED) is 0.641. The lowest BCUT2D eigenvalue weighted by Gasteiger charge is -2.04. The van der Waals surface area contributed by atoms with Crippen molar-refractivity contribution in [2.75, 3.05) is 6.54 Å². The fourth-order valence-electron chi connectivity index (χ4n) is 1.25. The molecule has 12 heavy (non-hydrogen) atoms. The highest BCUT2D eigenvalue weighted by molar-refractivity contribution is 5.86. The van der Waals surface area contributed by atoms with Gasteiger partial charge in [-0.1, -0.05) is 0 Å². The van der Waals surface area contributed by atoms with Crippen LogP contribution in [0.4, 0.5) is 0 Å². The Hall–Kier alpha value is -0.900. The average molecular weight is 170 g/mol. The minimum Gasteiger partial charge on any atom is -0.480 e. The molecule has 4 heteroatoms. The molecule has 1 aliphatic heterocycles. The third-order valence-corrected chi connectivity index (χ3v) is 2.02. The third-order valence-electron chi connectivity index (χ3n) is 2.02. The van der Waals surface area contributed by atoms with Crippen LogP contribution < -0.4 is 5.73 Å². The van der Waals surface area contributed by atoms with E-state index in [0.29, 0.717) is 6.42 Å². The Balaban J connectivity index is 2.20. The summed E-state index contributed by atoms with van der Waals surface area (Å²) in [5.41, 5.74) is 6.47. The SMILES string of the molecule is NC(CCC1=NCCC1)C(=O)O. The second-order valence-corrected chi connectivity index (χ2v) is 3.03. The molecule has 68 valence electrons. The Kier molecular flexibility index (Phi) is 3.22. The highest BCUT2D eigenvalue weighted by Crippen LogP contribution is 2.09. The molecule has 4 nitrogen and oxygen atoms in total. The zero-order chi connectivity index (χ0) is 8.97. The molecule has 0 aliphatic carbocycles. The molecule has 0 aromatic carbocycles. The van der Waals surface area contributed by atoms with Gasteiger partial charge in [0.2, 0.25) is 0 Å². The third kappa shape index (κ3) is 2.62. The van der Waals surface area contributed by atoms with E-state index in [1.54, 1.807) is 0 Å². The van der Waals surface area contributed by atoms with Gasteiger partial charge in [0.15, 0.2) is 0 Å². The second-order valence-electron chi connectivity index (χ2n) is 3.03. The van der Waals surface area contributed by atoms with Gasteiger partial charge >= 0.3 is 5.97 Å². The van der Waals surface area contributed by atoms with Crippen molar-refractivity contribution in [2.24, 2.45) is 10.7 Å². The summed E-state index contributed by atoms with van der Waals surface area (Å²) < 4.78 is 0. The number of carboxylic acid groups (broad SMARTS) is 1. The number of nitrogens with zero attached hydrogens (tertiary/aromatic N) is 1. The molecule has 0 radical (unpaired) electrons. The van der Waals surface area contributed by atoms with E-state index in [0.717, 1.165) is 31.5 Å². The summed E-state index contributed by atoms with van der Waals surface area (Å²) in [7, 11) is 0. The molecular formula is C8H14N2O2. The summed E-state index contributed by atoms with van der Waals surface area (Å²) in [6, 6.07) is -0.728. The number of carboxylic acids is 1. The predicted octanol–water partition coefficient (Wildman–Crippen LogP) is 0.413. The van der Waals surface area contributed by atoms with E-state index in [2.05, 4.69) is 4.99 Å². The Morgan fingerprint density at radius 2 is 2.50 bits per heavy atom. The molecule has 1 atom stereocenters. The summed E-state index contributed by atoms with van der Waals surface area (Å²) in [6.45, 7) is 0.900. The predicted molar refractivity (Wildman–Crippen MR) is 46.4 cm³/mol. The first-order chi connectivity index (χ1) is 5.70. The molecule has 1 heterocycles. The van der Waals surface area contributed by atoms with Crippen LogP contribution in [-0.4, -0.2) is 29.4 Å². The lowest BCUT2D eigenvalue weighted by molar-refractivity contribution is -0.138. The standard InChI is InChI=1S/C8H14N2O2/c9-7(8(11)12)4-3-6-2-1-5-10-6/h7H,1-5,9H2,(H,11,12). The zero-order valence-electron chi connectivity index (χ0n) is 6.99. The summed E-state index contributed by atoms with van der Waals surface area (Å²) in [5, 5.41) is 8.49. The maximum absolute atomic E-state index is 10.3. The second kappa shape index (κ2) is 4.21. The molecule has 0 bridgehead atoms. The molecule has 0 aromatic rings. The van der Waals surface area contributed by atoms with Crippen molar-refractivity contribution in [3.05, 3.63) is 0 Å². The molecule has 0 saturated heterocycles. The highest BCUT2D eigenvalue weighted by Gasteiger charge is 2.13. The van der Waals surface area contributed by atoms with Gasteiger partial charge < -0.3 is 10.8 Å². The Bertz CT molecular complexity index is 201. The first-order valence-electron chi connectivity index (χ1n) is 4.20. The maximum Gasteiger partial charge on any atom is 0.320 e. The van der Waals surface area contributed by atoms with Gasteiger partial charge in [0.25, 0.3) is 0 Å². The van der Waals surface area contributed by atoms with Crippen LogP contribution in [-0.2, 0) is 4.79 Å². The summed E-state index contributed by atoms with van der Waals surface area (Å²) in [4.78, 5) is 14.6. The van der Waals surface area contributed by atoms with E-state index in [4.69, 9.17) is 10.8 Å². The summed E-state index contributed by atoms with van der Waals surface area (Å²) in [5.74, 6) is -0.923. The van der Waals surface area contributed by atoms with Gasteiger partial charge in [-0.25, -0.2) is 0 Å². The topological polar surface area (TPSA) is 75.7 Å². The van der Waals surface area contributed by atoms with E-state index >= 15 is 0 Å². The van der Waals surface area contributed by atoms with Gasteiger partial charge in [0.1, 0.15) is 6.04 Å². The van der Waals surface area contributed by atoms with Crippen LogP contribution in [0, 0.1) is 0 Å². The minimum atomic E-state index is -0.923. The fourth-order valence-corrected chi connectivity index (χ4v) is 1.25. The smallest absolute Gasteiger partial charge is 0.320 e. The molecule has 1 aliphatic rings. The summed E-state index contributed by atoms with van der Waals surface area (Å²) in [6.07, 6.45) is 3.38. The van der Waals surface area contributed by atoms with Gasteiger partial charge in [0.05, 0.1) is 0 Å². The molecule has 0 spiro atoms. The molecule has 0 aromatic heterocycles. The van der Waals surface area contributed by atoms with E-state index in [-0.39, 0.29) is 0 Å². The fraction of sp³-hybridized carbons (Fsp3) is 0.750. The number of hydrogen-bond acceptors (Lipinski definition) is 3. The van der Waals surface area contributed by atoms with E-state index < -0.39 is 12.0 Å². The Morgan fingerprint density at radius 1 is 1.75 bits per heavy atom. The minimum absolute atomic E-state index is 0.508. The van der Waals surface area contributed by atoms with Crippen molar-refractivity contribution in [3.8, 4) is 0 Å². The van der Waals surface area contributed by atoms with Crippen molar-refractivity contribution in [2.45, 2.75) is 31.7 Å². The van der Waals surface area contributed by atoms with E-state index in [9.17, 15) is 4.79 Å². The Morgan fingerprint density at radius 3 is 3.00 bits per heavy atom. The normalized spacial score (nSPS) is 18.9. The number of carbonyl (C=O) groups is 1. The van der Waals surface area contributed by atoms with Crippen LogP contribution in [0.2, 0.25) is 0 Å². The first kappa shape index (κ1) is 9.19. The number of nitrogens with two attached hydrogens (primary N) is 1. The van der Waals surface area contributed by atoms with E-state index in [1.165, 1.54) is 0 Å². The van der Waals surface area contributed by atoms with Crippen molar-refractivity contribution in [3.63, 3.8) is 0 Å². The average Bonchev–Trinajstić information content (AvgIpc) is 2.51. The van der Waals surface area contributed by atoms with Crippen molar-refractivity contribution >= 4 is 11.7 Å². The molecule has 0 fully saturated rings. The molecule has 3 N–H and O–H groups in total. The number of aliphatic imine (C=N–C) groups is 1. The molecular weight excluding hydrogens is 156 g/mol. The van der Waals surface area contributed by atoms with Crippen molar-refractivity contribution in [1.29, 1.82) is 0 Å². The van der Waals surface area contributed by atoms with Gasteiger partial charge in [0, 0.05) is 12.3 Å². The van der Waals surface area contributed by atoms with E-state index in [1.807, 2.05) is 0 Å². The van der Waals surface area contributed by atoms with Crippen molar-refractivity contribution in [1.82, 2.24) is 0 Å². The van der Waals surface area contributed by atoms with Crippen molar-refractivity contribution < 1.29 is 9.90 Å². The largest absolute Gasteiger partial charge is 0.480 e. The number of aliphatic carboxylic acids is 1. The van der Waals surface area contributed by atoms with Gasteiger partial charge in [-0.3, -0.25) is 9.79 Å². The van der Waals surface area contributed by atoms with Gasteiger partial charge in [-0.05, 0) is 25.7 Å². The van der Waals surface area contributed by atoms with Crippen LogP contribution in [0.15, 0.2) is 4.99 Å². The molecule has 1 rings (SSSR count). The zero-order valence-corrected chi connectivity index (χ0v) is 6.99. The van der Waals surface area contributed by atoms with Gasteiger partial charge in [-0.15, -0.1) is 0 Å². The first-order valence-corrected chi connectivity index (χ1v) is 4.20. The highest BCUT2D eigenvalue weighted by atomic mass is 16.4. The van der Waals surface area contributed by atoms with Crippen LogP contribution in [0.1, 0.15) is 25.7 Å². The molecule has 1 unspecified atom stereocenters. The van der Waals surface area contributed by atoms with Crippen LogP contribution in [0.3, 0.4) is 0 Å². The van der Waals surface area contributed by atoms with Gasteiger partial charge in [-0.2, -0.15) is 0 Å². The van der Waals surface area contributed by atoms with Crippen LogP contribution in [0.25, 0.3) is 0 Å². The Labute approximate surface area is 71.5 Å². The molecule has 0 amide bonds. The number of rotatable bonds is 4. The lowest BCUT2D eigenvalue weighted by Crippen LogP contribution is -2.30.